The lowest BCUT2D eigenvalue weighted by Gasteiger charge is -2.16. The van der Waals surface area contributed by atoms with Crippen molar-refractivity contribution in [3.05, 3.63) is 53.6 Å². The molecule has 5 heteroatoms. The van der Waals surface area contributed by atoms with Crippen molar-refractivity contribution in [3.8, 4) is 5.75 Å². The van der Waals surface area contributed by atoms with Gasteiger partial charge in [0.05, 0.1) is 19.3 Å². The van der Waals surface area contributed by atoms with Crippen LogP contribution in [0.2, 0.25) is 0 Å². The van der Waals surface area contributed by atoms with Crippen molar-refractivity contribution in [2.75, 3.05) is 19.8 Å². The largest absolute Gasteiger partial charge is 0.491 e. The van der Waals surface area contributed by atoms with Gasteiger partial charge in [-0.3, -0.25) is 0 Å². The van der Waals surface area contributed by atoms with E-state index in [0.29, 0.717) is 12.4 Å². The van der Waals surface area contributed by atoms with E-state index in [1.165, 1.54) is 6.08 Å². The second-order valence-corrected chi connectivity index (χ2v) is 5.44. The molecule has 2 atom stereocenters. The summed E-state index contributed by atoms with van der Waals surface area (Å²) < 4.78 is 10.1. The summed E-state index contributed by atoms with van der Waals surface area (Å²) in [6.45, 7) is 6.02. The van der Waals surface area contributed by atoms with E-state index in [1.54, 1.807) is 44.2 Å². The maximum atomic E-state index is 11.4. The summed E-state index contributed by atoms with van der Waals surface area (Å²) in [5.74, 6) is 0.155. The fourth-order valence-electron chi connectivity index (χ4n) is 2.06. The molecule has 0 unspecified atom stereocenters. The Hall–Kier alpha value is -2.11. The van der Waals surface area contributed by atoms with Crippen LogP contribution >= 0.6 is 0 Å². The Labute approximate surface area is 143 Å². The van der Waals surface area contributed by atoms with Gasteiger partial charge in [0.1, 0.15) is 12.4 Å². The minimum Gasteiger partial charge on any atom is -0.491 e. The van der Waals surface area contributed by atoms with Crippen LogP contribution in [0.5, 0.6) is 5.75 Å². The van der Waals surface area contributed by atoms with Crippen molar-refractivity contribution < 1.29 is 24.5 Å². The van der Waals surface area contributed by atoms with Crippen molar-refractivity contribution in [3.63, 3.8) is 0 Å². The van der Waals surface area contributed by atoms with E-state index in [2.05, 4.69) is 0 Å². The minimum atomic E-state index is -0.663. The molecule has 0 heterocycles. The van der Waals surface area contributed by atoms with Gasteiger partial charge in [0.25, 0.3) is 0 Å². The first kappa shape index (κ1) is 19.9. The normalized spacial score (nSPS) is 14.5. The molecule has 1 aromatic carbocycles. The van der Waals surface area contributed by atoms with Gasteiger partial charge in [0.15, 0.2) is 0 Å². The molecule has 0 amide bonds. The first-order valence-corrected chi connectivity index (χ1v) is 8.02. The monoisotopic (exact) mass is 334 g/mol. The Morgan fingerprint density at radius 1 is 1.29 bits per heavy atom. The van der Waals surface area contributed by atoms with E-state index in [9.17, 15) is 9.90 Å². The summed E-state index contributed by atoms with van der Waals surface area (Å²) in [7, 11) is 0. The average Bonchev–Trinajstić information content (AvgIpc) is 2.57. The molecule has 0 aliphatic carbocycles. The van der Waals surface area contributed by atoms with Crippen LogP contribution in [-0.2, 0) is 9.53 Å². The molecule has 1 aromatic rings. The number of carbonyl (C=O) groups is 1. The van der Waals surface area contributed by atoms with Crippen molar-refractivity contribution in [2.45, 2.75) is 26.9 Å². The molecule has 0 fully saturated rings. The fourth-order valence-corrected chi connectivity index (χ4v) is 2.06. The van der Waals surface area contributed by atoms with E-state index < -0.39 is 6.10 Å². The molecule has 0 saturated heterocycles. The molecule has 24 heavy (non-hydrogen) atoms. The van der Waals surface area contributed by atoms with Gasteiger partial charge >= 0.3 is 5.97 Å². The van der Waals surface area contributed by atoms with E-state index >= 15 is 0 Å². The van der Waals surface area contributed by atoms with Gasteiger partial charge in [0.2, 0.25) is 0 Å². The number of hydrogen-bond acceptors (Lipinski definition) is 5. The summed E-state index contributed by atoms with van der Waals surface area (Å²) in [6.07, 6.45) is 4.41. The van der Waals surface area contributed by atoms with Crippen LogP contribution in [-0.4, -0.2) is 36.0 Å². The van der Waals surface area contributed by atoms with Crippen molar-refractivity contribution >= 4 is 5.97 Å². The number of aliphatic hydroxyl groups is 2. The zero-order valence-electron chi connectivity index (χ0n) is 14.4. The zero-order valence-corrected chi connectivity index (χ0v) is 14.4. The highest BCUT2D eigenvalue weighted by Crippen LogP contribution is 2.25. The molecule has 0 spiro atoms. The fraction of sp³-hybridized carbons (Fsp3) is 0.421. The predicted octanol–water partition coefficient (Wildman–Crippen LogP) is 2.79. The highest BCUT2D eigenvalue weighted by Gasteiger charge is 2.13. The third kappa shape index (κ3) is 6.98. The molecular weight excluding hydrogens is 308 g/mol. The standard InChI is InChI=1S/C19H26O5/c1-4-23-18(21)13-14(2)5-6-15(3)19(22)16-7-9-17(10-8-16)24-12-11-20/h5-10,13,15,19-20,22H,4,11-12H2,1-3H3/b6-5+,14-13+/t15-,19-/m1/s1. The number of allylic oxidation sites excluding steroid dienone is 2. The molecule has 0 aliphatic heterocycles. The second kappa shape index (κ2) is 10.6. The van der Waals surface area contributed by atoms with E-state index in [0.717, 1.165) is 11.1 Å². The van der Waals surface area contributed by atoms with Crippen LogP contribution in [0.15, 0.2) is 48.1 Å². The molecule has 2 N–H and O–H groups in total. The summed E-state index contributed by atoms with van der Waals surface area (Å²) >= 11 is 0. The lowest BCUT2D eigenvalue weighted by atomic mass is 9.96. The van der Waals surface area contributed by atoms with E-state index in [4.69, 9.17) is 14.6 Å². The summed E-state index contributed by atoms with van der Waals surface area (Å²) in [6, 6.07) is 7.11. The SMILES string of the molecule is CCOC(=O)/C=C(C)/C=C/[C@@H](C)[C@@H](O)c1ccc(OCCO)cc1. The first-order valence-electron chi connectivity index (χ1n) is 8.02. The Kier molecular flexibility index (Phi) is 8.83. The molecular formula is C19H26O5. The first-order chi connectivity index (χ1) is 11.5. The highest BCUT2D eigenvalue weighted by molar-refractivity contribution is 5.83. The van der Waals surface area contributed by atoms with E-state index in [-0.39, 0.29) is 25.1 Å². The minimum absolute atomic E-state index is 0.0368. The van der Waals surface area contributed by atoms with Crippen molar-refractivity contribution in [2.24, 2.45) is 5.92 Å². The smallest absolute Gasteiger partial charge is 0.330 e. The van der Waals surface area contributed by atoms with Gasteiger partial charge in [-0.2, -0.15) is 0 Å². The number of ether oxygens (including phenoxy) is 2. The van der Waals surface area contributed by atoms with Crippen LogP contribution < -0.4 is 4.74 Å². The maximum Gasteiger partial charge on any atom is 0.330 e. The van der Waals surface area contributed by atoms with Gasteiger partial charge in [-0.1, -0.05) is 31.2 Å². The van der Waals surface area contributed by atoms with Crippen molar-refractivity contribution in [1.29, 1.82) is 0 Å². The highest BCUT2D eigenvalue weighted by atomic mass is 16.5. The van der Waals surface area contributed by atoms with Gasteiger partial charge in [-0.15, -0.1) is 0 Å². The number of rotatable bonds is 9. The third-order valence-corrected chi connectivity index (χ3v) is 3.37. The van der Waals surface area contributed by atoms with Gasteiger partial charge in [-0.25, -0.2) is 4.79 Å². The Bertz CT molecular complexity index is 560. The number of hydrogen-bond donors (Lipinski definition) is 2. The molecule has 1 rings (SSSR count). The average molecular weight is 334 g/mol. The molecule has 0 aliphatic rings. The molecule has 0 saturated carbocycles. The molecule has 0 bridgehead atoms. The zero-order chi connectivity index (χ0) is 17.9. The van der Waals surface area contributed by atoms with Gasteiger partial charge in [-0.05, 0) is 37.1 Å². The van der Waals surface area contributed by atoms with Gasteiger partial charge < -0.3 is 19.7 Å². The predicted molar refractivity (Wildman–Crippen MR) is 92.7 cm³/mol. The lowest BCUT2D eigenvalue weighted by molar-refractivity contribution is -0.137. The maximum absolute atomic E-state index is 11.4. The van der Waals surface area contributed by atoms with Crippen LogP contribution in [0.1, 0.15) is 32.4 Å². The Morgan fingerprint density at radius 3 is 2.54 bits per heavy atom. The number of benzene rings is 1. The van der Waals surface area contributed by atoms with Crippen LogP contribution in [0.4, 0.5) is 0 Å². The Morgan fingerprint density at radius 2 is 1.96 bits per heavy atom. The van der Waals surface area contributed by atoms with Crippen molar-refractivity contribution in [1.82, 2.24) is 0 Å². The van der Waals surface area contributed by atoms with Gasteiger partial charge in [0, 0.05) is 12.0 Å². The van der Waals surface area contributed by atoms with Crippen LogP contribution in [0.25, 0.3) is 0 Å². The number of carbonyl (C=O) groups excluding carboxylic acids is 1. The third-order valence-electron chi connectivity index (χ3n) is 3.37. The van der Waals surface area contributed by atoms with Crippen LogP contribution in [0, 0.1) is 5.92 Å². The summed E-state index contributed by atoms with van der Waals surface area (Å²) in [4.78, 5) is 11.4. The molecule has 132 valence electrons. The lowest BCUT2D eigenvalue weighted by Crippen LogP contribution is -2.07. The summed E-state index contributed by atoms with van der Waals surface area (Å²) in [5.41, 5.74) is 1.54. The molecule has 0 radical (unpaired) electrons. The summed E-state index contributed by atoms with van der Waals surface area (Å²) in [5, 5.41) is 19.1. The Balaban J connectivity index is 2.64. The number of esters is 1. The molecule has 0 aromatic heterocycles. The molecule has 5 nitrogen and oxygen atoms in total. The quantitative estimate of drug-likeness (QED) is 0.412. The van der Waals surface area contributed by atoms with E-state index in [1.807, 2.05) is 13.0 Å². The topological polar surface area (TPSA) is 76.0 Å². The second-order valence-electron chi connectivity index (χ2n) is 5.44. The van der Waals surface area contributed by atoms with Crippen LogP contribution in [0.3, 0.4) is 0 Å². The number of aliphatic hydroxyl groups excluding tert-OH is 2.